The van der Waals surface area contributed by atoms with Crippen molar-refractivity contribution in [3.63, 3.8) is 0 Å². The maximum atomic E-state index is 14.8. The van der Waals surface area contributed by atoms with Gasteiger partial charge in [0, 0.05) is 17.9 Å². The van der Waals surface area contributed by atoms with Crippen molar-refractivity contribution in [3.05, 3.63) is 52.6 Å². The molecule has 0 saturated carbocycles. The van der Waals surface area contributed by atoms with E-state index < -0.39 is 5.82 Å². The molecule has 0 amide bonds. The molecule has 0 spiro atoms. The van der Waals surface area contributed by atoms with Crippen molar-refractivity contribution in [2.75, 3.05) is 0 Å². The van der Waals surface area contributed by atoms with Crippen molar-refractivity contribution in [3.8, 4) is 33.4 Å². The van der Waals surface area contributed by atoms with E-state index in [1.165, 1.54) is 30.2 Å². The number of hydrogen-bond donors (Lipinski definition) is 0. The second kappa shape index (κ2) is 8.45. The van der Waals surface area contributed by atoms with Crippen LogP contribution >= 0.6 is 34.7 Å². The van der Waals surface area contributed by atoms with Crippen molar-refractivity contribution >= 4 is 34.7 Å². The maximum absolute atomic E-state index is 14.8. The zero-order chi connectivity index (χ0) is 22.2. The molecule has 1 unspecified atom stereocenters. The van der Waals surface area contributed by atoms with Crippen LogP contribution in [0.2, 0.25) is 5.02 Å². The summed E-state index contributed by atoms with van der Waals surface area (Å²) in [6.45, 7) is 1.91. The Bertz CT molecular complexity index is 1370. The van der Waals surface area contributed by atoms with Crippen molar-refractivity contribution in [2.24, 2.45) is 7.05 Å². The Hall–Kier alpha value is -3.09. The highest BCUT2D eigenvalue weighted by Crippen LogP contribution is 2.37. The Kier molecular flexibility index (Phi) is 5.49. The zero-order valence-electron chi connectivity index (χ0n) is 16.6. The fraction of sp³-hybridized carbons (Fsp3) is 0.158. The average Bonchev–Trinajstić information content (AvgIpc) is 3.58. The SMILES string of the molecule is CC(Sc1nnc(-c2cccs2)n1C)c1noc(-c2cc(Cl)c(-c3conn3)cc2F)n1. The van der Waals surface area contributed by atoms with Gasteiger partial charge in [-0.15, -0.1) is 26.6 Å². The number of aromatic nitrogens is 7. The quantitative estimate of drug-likeness (QED) is 0.294. The molecule has 5 rings (SSSR count). The summed E-state index contributed by atoms with van der Waals surface area (Å²) in [4.78, 5) is 5.38. The molecule has 0 N–H and O–H groups in total. The lowest BCUT2D eigenvalue weighted by atomic mass is 10.1. The summed E-state index contributed by atoms with van der Waals surface area (Å²) in [5.41, 5.74) is 0.758. The summed E-state index contributed by atoms with van der Waals surface area (Å²) in [6.07, 6.45) is 1.28. The molecule has 0 saturated heterocycles. The molecule has 9 nitrogen and oxygen atoms in total. The van der Waals surface area contributed by atoms with Gasteiger partial charge in [-0.2, -0.15) is 4.98 Å². The number of benzene rings is 1. The zero-order valence-corrected chi connectivity index (χ0v) is 18.9. The second-order valence-electron chi connectivity index (χ2n) is 6.66. The van der Waals surface area contributed by atoms with Crippen LogP contribution in [0.25, 0.3) is 33.4 Å². The maximum Gasteiger partial charge on any atom is 0.260 e. The Morgan fingerprint density at radius 3 is 2.84 bits per heavy atom. The molecule has 0 aliphatic carbocycles. The lowest BCUT2D eigenvalue weighted by Crippen LogP contribution is -1.97. The predicted molar refractivity (Wildman–Crippen MR) is 117 cm³/mol. The lowest BCUT2D eigenvalue weighted by molar-refractivity contribution is 0.393. The first-order chi connectivity index (χ1) is 15.5. The van der Waals surface area contributed by atoms with Gasteiger partial charge in [-0.05, 0) is 30.5 Å². The van der Waals surface area contributed by atoms with E-state index in [9.17, 15) is 4.39 Å². The topological polar surface area (TPSA) is 109 Å². The van der Waals surface area contributed by atoms with E-state index in [-0.39, 0.29) is 21.7 Å². The van der Waals surface area contributed by atoms with Crippen molar-refractivity contribution in [1.82, 2.24) is 35.3 Å². The molecule has 4 aromatic heterocycles. The smallest absolute Gasteiger partial charge is 0.260 e. The third-order valence-corrected chi connectivity index (χ3v) is 6.90. The Labute approximate surface area is 193 Å². The van der Waals surface area contributed by atoms with Gasteiger partial charge in [-0.3, -0.25) is 0 Å². The molecule has 0 fully saturated rings. The average molecular weight is 490 g/mol. The van der Waals surface area contributed by atoms with Gasteiger partial charge in [0.25, 0.3) is 5.89 Å². The number of nitrogens with zero attached hydrogens (tertiary/aromatic N) is 7. The number of hydrogen-bond acceptors (Lipinski definition) is 10. The minimum Gasteiger partial charge on any atom is -0.345 e. The Morgan fingerprint density at radius 2 is 2.09 bits per heavy atom. The monoisotopic (exact) mass is 489 g/mol. The summed E-state index contributed by atoms with van der Waals surface area (Å²) in [7, 11) is 1.90. The third-order valence-electron chi connectivity index (χ3n) is 4.59. The van der Waals surface area contributed by atoms with Crippen LogP contribution in [0.3, 0.4) is 0 Å². The fourth-order valence-corrected chi connectivity index (χ4v) is 4.80. The van der Waals surface area contributed by atoms with Crippen LogP contribution in [-0.4, -0.2) is 35.3 Å². The summed E-state index contributed by atoms with van der Waals surface area (Å²) < 4.78 is 26.7. The van der Waals surface area contributed by atoms with E-state index in [4.69, 9.17) is 20.6 Å². The van der Waals surface area contributed by atoms with E-state index >= 15 is 0 Å². The highest BCUT2D eigenvalue weighted by molar-refractivity contribution is 7.99. The van der Waals surface area contributed by atoms with Crippen LogP contribution in [0.15, 0.2) is 50.1 Å². The molecule has 4 heterocycles. The molecular weight excluding hydrogens is 477 g/mol. The van der Waals surface area contributed by atoms with Gasteiger partial charge in [0.1, 0.15) is 11.5 Å². The number of rotatable bonds is 6. The van der Waals surface area contributed by atoms with E-state index in [0.29, 0.717) is 22.2 Å². The molecule has 0 bridgehead atoms. The van der Waals surface area contributed by atoms with Crippen LogP contribution in [0.5, 0.6) is 0 Å². The molecule has 32 heavy (non-hydrogen) atoms. The number of thiophene rings is 1. The highest BCUT2D eigenvalue weighted by Gasteiger charge is 2.23. The van der Waals surface area contributed by atoms with Crippen molar-refractivity contribution in [2.45, 2.75) is 17.3 Å². The van der Waals surface area contributed by atoms with Crippen LogP contribution in [-0.2, 0) is 7.05 Å². The van der Waals surface area contributed by atoms with Crippen molar-refractivity contribution < 1.29 is 13.4 Å². The molecule has 5 aromatic rings. The number of thioether (sulfide) groups is 1. The van der Waals surface area contributed by atoms with Gasteiger partial charge < -0.3 is 13.6 Å². The first-order valence-electron chi connectivity index (χ1n) is 9.21. The summed E-state index contributed by atoms with van der Waals surface area (Å²) >= 11 is 9.31. The first kappa shape index (κ1) is 20.8. The Morgan fingerprint density at radius 1 is 1.22 bits per heavy atom. The molecule has 1 aromatic carbocycles. The molecule has 0 aliphatic rings. The van der Waals surface area contributed by atoms with E-state index in [0.717, 1.165) is 10.7 Å². The number of halogens is 2. The van der Waals surface area contributed by atoms with Gasteiger partial charge in [0.2, 0.25) is 0 Å². The second-order valence-corrected chi connectivity index (χ2v) is 9.33. The van der Waals surface area contributed by atoms with Gasteiger partial charge in [0.15, 0.2) is 23.1 Å². The minimum absolute atomic E-state index is 0.0221. The molecule has 0 aliphatic heterocycles. The van der Waals surface area contributed by atoms with Gasteiger partial charge >= 0.3 is 0 Å². The normalized spacial score (nSPS) is 12.4. The highest BCUT2D eigenvalue weighted by atomic mass is 35.5. The Balaban J connectivity index is 1.38. The van der Waals surface area contributed by atoms with E-state index in [1.807, 2.05) is 36.1 Å². The van der Waals surface area contributed by atoms with Crippen LogP contribution < -0.4 is 0 Å². The third kappa shape index (κ3) is 3.80. The molecule has 162 valence electrons. The molecular formula is C19H13ClFN7O2S2. The van der Waals surface area contributed by atoms with Crippen LogP contribution in [0, 0.1) is 5.82 Å². The predicted octanol–water partition coefficient (Wildman–Crippen LogP) is 5.29. The van der Waals surface area contributed by atoms with Crippen LogP contribution in [0.4, 0.5) is 4.39 Å². The van der Waals surface area contributed by atoms with Crippen LogP contribution in [0.1, 0.15) is 18.0 Å². The summed E-state index contributed by atoms with van der Waals surface area (Å²) in [6, 6.07) is 6.59. The van der Waals surface area contributed by atoms with E-state index in [2.05, 4.69) is 30.7 Å². The van der Waals surface area contributed by atoms with Gasteiger partial charge in [-0.1, -0.05) is 34.6 Å². The van der Waals surface area contributed by atoms with Crippen molar-refractivity contribution in [1.29, 1.82) is 0 Å². The fourth-order valence-electron chi connectivity index (χ4n) is 2.95. The molecule has 1 atom stereocenters. The first-order valence-corrected chi connectivity index (χ1v) is 11.4. The van der Waals surface area contributed by atoms with Gasteiger partial charge in [-0.25, -0.2) is 4.39 Å². The van der Waals surface area contributed by atoms with Gasteiger partial charge in [0.05, 0.1) is 20.7 Å². The van der Waals surface area contributed by atoms with E-state index in [1.54, 1.807) is 11.3 Å². The molecule has 13 heteroatoms. The lowest BCUT2D eigenvalue weighted by Gasteiger charge is -2.06. The minimum atomic E-state index is -0.586. The summed E-state index contributed by atoms with van der Waals surface area (Å²) in [5, 5.41) is 22.4. The largest absolute Gasteiger partial charge is 0.345 e. The summed E-state index contributed by atoms with van der Waals surface area (Å²) in [5.74, 6) is 0.610. The molecule has 0 radical (unpaired) electrons. The standard InChI is InChI=1S/C19H13ClFN7O2S2/c1-9(32-19-25-24-17(28(19)2)15-4-3-5-31-15)16-22-18(30-26-16)11-6-12(20)10(7-13(11)21)14-8-29-27-23-14/h3-9H,1-2H3.